The summed E-state index contributed by atoms with van der Waals surface area (Å²) in [7, 11) is 8.13. The van der Waals surface area contributed by atoms with Crippen LogP contribution in [0, 0.1) is 0 Å². The van der Waals surface area contributed by atoms with Gasteiger partial charge in [-0.1, -0.05) is 12.1 Å². The van der Waals surface area contributed by atoms with Gasteiger partial charge in [0.25, 0.3) is 0 Å². The lowest BCUT2D eigenvalue weighted by Crippen LogP contribution is -2.19. The molecule has 0 saturated carbocycles. The molecule has 0 amide bonds. The van der Waals surface area contributed by atoms with Crippen LogP contribution in [0.15, 0.2) is 81.7 Å². The van der Waals surface area contributed by atoms with Crippen molar-refractivity contribution in [2.24, 2.45) is 0 Å². The molecular formula is C26H24Br2N6. The molecule has 2 aromatic heterocycles. The number of benzene rings is 2. The standard InChI is InChI=1S/C26H24Br2N6/c1-31-17-7-5-8-18(15-17)32(2)24-14-12-22(28)26(30-24)34(4)20-10-6-9-19(16-20)33(3)25-21(27)11-13-23(31)29-25/h5-16H,1-4H3. The summed E-state index contributed by atoms with van der Waals surface area (Å²) in [5, 5.41) is 0. The summed E-state index contributed by atoms with van der Waals surface area (Å²) in [5.74, 6) is 3.39. The third-order valence-corrected chi connectivity index (χ3v) is 7.39. The molecule has 0 aliphatic carbocycles. The van der Waals surface area contributed by atoms with Crippen LogP contribution in [-0.2, 0) is 0 Å². The van der Waals surface area contributed by atoms with Crippen molar-refractivity contribution >= 4 is 77.9 Å². The van der Waals surface area contributed by atoms with E-state index in [0.717, 1.165) is 55.0 Å². The first kappa shape index (κ1) is 22.7. The van der Waals surface area contributed by atoms with Crippen molar-refractivity contribution in [3.8, 4) is 0 Å². The largest absolute Gasteiger partial charge is 0.329 e. The van der Waals surface area contributed by atoms with Gasteiger partial charge in [-0.15, -0.1) is 0 Å². The van der Waals surface area contributed by atoms with Gasteiger partial charge in [0.15, 0.2) is 0 Å². The Balaban J connectivity index is 1.75. The van der Waals surface area contributed by atoms with E-state index in [2.05, 4.69) is 100.0 Å². The summed E-state index contributed by atoms with van der Waals surface area (Å²) in [6, 6.07) is 24.9. The Labute approximate surface area is 216 Å². The highest BCUT2D eigenvalue weighted by molar-refractivity contribution is 9.11. The van der Waals surface area contributed by atoms with Gasteiger partial charge in [0.2, 0.25) is 0 Å². The second-order valence-electron chi connectivity index (χ2n) is 8.23. The molecule has 4 aromatic rings. The minimum absolute atomic E-state index is 0.839. The van der Waals surface area contributed by atoms with E-state index in [0.29, 0.717) is 0 Å². The van der Waals surface area contributed by atoms with Crippen molar-refractivity contribution in [1.29, 1.82) is 0 Å². The van der Waals surface area contributed by atoms with Crippen molar-refractivity contribution in [3.63, 3.8) is 0 Å². The first-order valence-electron chi connectivity index (χ1n) is 10.8. The van der Waals surface area contributed by atoms with E-state index in [1.807, 2.05) is 52.5 Å². The number of halogens is 2. The molecule has 3 heterocycles. The minimum Gasteiger partial charge on any atom is -0.329 e. The van der Waals surface area contributed by atoms with Crippen molar-refractivity contribution in [3.05, 3.63) is 81.7 Å². The van der Waals surface area contributed by atoms with Gasteiger partial charge in [0.05, 0.1) is 8.95 Å². The highest BCUT2D eigenvalue weighted by Crippen LogP contribution is 2.38. The van der Waals surface area contributed by atoms with E-state index >= 15 is 0 Å². The van der Waals surface area contributed by atoms with Crippen molar-refractivity contribution in [2.75, 3.05) is 47.8 Å². The maximum Gasteiger partial charge on any atom is 0.149 e. The second-order valence-corrected chi connectivity index (χ2v) is 9.93. The van der Waals surface area contributed by atoms with Crippen LogP contribution in [0.5, 0.6) is 0 Å². The zero-order valence-electron chi connectivity index (χ0n) is 19.4. The number of anilines is 8. The van der Waals surface area contributed by atoms with Crippen LogP contribution in [0.3, 0.4) is 0 Å². The molecule has 8 heteroatoms. The number of pyridine rings is 2. The summed E-state index contributed by atoms with van der Waals surface area (Å²) in [4.78, 5) is 18.4. The third kappa shape index (κ3) is 4.01. The third-order valence-electron chi connectivity index (χ3n) is 6.16. The first-order chi connectivity index (χ1) is 16.3. The van der Waals surface area contributed by atoms with E-state index in [9.17, 15) is 0 Å². The molecule has 8 bridgehead atoms. The van der Waals surface area contributed by atoms with Crippen molar-refractivity contribution in [2.45, 2.75) is 0 Å². The molecule has 0 radical (unpaired) electrons. The normalized spacial score (nSPS) is 13.4. The van der Waals surface area contributed by atoms with Crippen LogP contribution in [0.25, 0.3) is 0 Å². The molecule has 34 heavy (non-hydrogen) atoms. The molecule has 2 aromatic carbocycles. The average molecular weight is 580 g/mol. The summed E-state index contributed by atoms with van der Waals surface area (Å²) in [5.41, 5.74) is 4.12. The Morgan fingerprint density at radius 1 is 0.500 bits per heavy atom. The van der Waals surface area contributed by atoms with Gasteiger partial charge < -0.3 is 19.6 Å². The number of hydrogen-bond donors (Lipinski definition) is 0. The molecule has 0 saturated heterocycles. The Hall–Kier alpha value is -3.10. The lowest BCUT2D eigenvalue weighted by molar-refractivity contribution is 1.05. The number of fused-ring (bicyclic) bond motifs is 8. The fourth-order valence-electron chi connectivity index (χ4n) is 4.02. The Morgan fingerprint density at radius 2 is 0.853 bits per heavy atom. The van der Waals surface area contributed by atoms with Crippen LogP contribution >= 0.6 is 31.9 Å². The maximum absolute atomic E-state index is 5.00. The van der Waals surface area contributed by atoms with Gasteiger partial charge in [-0.05, 0) is 92.5 Å². The van der Waals surface area contributed by atoms with E-state index in [-0.39, 0.29) is 0 Å². The van der Waals surface area contributed by atoms with Crippen LogP contribution in [0.4, 0.5) is 46.0 Å². The summed E-state index contributed by atoms with van der Waals surface area (Å²) >= 11 is 7.40. The Morgan fingerprint density at radius 3 is 1.24 bits per heavy atom. The van der Waals surface area contributed by atoms with Crippen molar-refractivity contribution < 1.29 is 0 Å². The van der Waals surface area contributed by atoms with Crippen LogP contribution in [-0.4, -0.2) is 38.2 Å². The monoisotopic (exact) mass is 578 g/mol. The predicted molar refractivity (Wildman–Crippen MR) is 149 cm³/mol. The SMILES string of the molecule is CN1c2cccc(c2)N(C)c2ccc(Br)c(n2)N(C)c2cccc(c2)N(C)c2nc1ccc2Br. The summed E-state index contributed by atoms with van der Waals surface area (Å²) in [6.45, 7) is 0. The lowest BCUT2D eigenvalue weighted by Gasteiger charge is -2.28. The fraction of sp³-hybridized carbons (Fsp3) is 0.154. The van der Waals surface area contributed by atoms with E-state index in [4.69, 9.17) is 9.97 Å². The smallest absolute Gasteiger partial charge is 0.149 e. The minimum atomic E-state index is 0.839. The van der Waals surface area contributed by atoms with Gasteiger partial charge >= 0.3 is 0 Å². The molecule has 0 fully saturated rings. The van der Waals surface area contributed by atoms with E-state index in [1.54, 1.807) is 0 Å². The molecule has 0 N–H and O–H groups in total. The molecule has 0 atom stereocenters. The lowest BCUT2D eigenvalue weighted by atomic mass is 10.2. The van der Waals surface area contributed by atoms with Gasteiger partial charge in [-0.3, -0.25) is 0 Å². The quantitative estimate of drug-likeness (QED) is 0.216. The predicted octanol–water partition coefficient (Wildman–Crippen LogP) is 7.39. The van der Waals surface area contributed by atoms with Crippen molar-refractivity contribution in [1.82, 2.24) is 9.97 Å². The van der Waals surface area contributed by atoms with Gasteiger partial charge in [-0.2, -0.15) is 0 Å². The van der Waals surface area contributed by atoms with Crippen LogP contribution < -0.4 is 19.6 Å². The highest BCUT2D eigenvalue weighted by atomic mass is 79.9. The van der Waals surface area contributed by atoms with E-state index < -0.39 is 0 Å². The topological polar surface area (TPSA) is 38.7 Å². The number of rotatable bonds is 0. The van der Waals surface area contributed by atoms with Gasteiger partial charge in [-0.25, -0.2) is 9.97 Å². The summed E-state index contributed by atoms with van der Waals surface area (Å²) < 4.78 is 1.86. The molecular weight excluding hydrogens is 556 g/mol. The molecule has 172 valence electrons. The first-order valence-corrected chi connectivity index (χ1v) is 12.4. The molecule has 5 rings (SSSR count). The van der Waals surface area contributed by atoms with Crippen LogP contribution in [0.2, 0.25) is 0 Å². The number of hydrogen-bond acceptors (Lipinski definition) is 6. The second kappa shape index (κ2) is 8.92. The Bertz CT molecular complexity index is 1280. The molecule has 1 aliphatic heterocycles. The molecule has 1 aliphatic rings. The maximum atomic E-state index is 5.00. The molecule has 0 unspecified atom stereocenters. The number of nitrogens with zero attached hydrogens (tertiary/aromatic N) is 6. The molecule has 6 nitrogen and oxygen atoms in total. The van der Waals surface area contributed by atoms with Crippen LogP contribution in [0.1, 0.15) is 0 Å². The number of aromatic nitrogens is 2. The average Bonchev–Trinajstić information content (AvgIpc) is 2.87. The zero-order chi connectivity index (χ0) is 24.0. The van der Waals surface area contributed by atoms with E-state index in [1.165, 1.54) is 0 Å². The van der Waals surface area contributed by atoms with Gasteiger partial charge in [0, 0.05) is 50.9 Å². The van der Waals surface area contributed by atoms with Gasteiger partial charge in [0.1, 0.15) is 23.3 Å². The zero-order valence-corrected chi connectivity index (χ0v) is 22.5. The Kier molecular flexibility index (Phi) is 5.95. The summed E-state index contributed by atoms with van der Waals surface area (Å²) in [6.07, 6.45) is 0. The molecule has 0 spiro atoms. The fourth-order valence-corrected chi connectivity index (χ4v) is 4.99. The highest BCUT2D eigenvalue weighted by Gasteiger charge is 2.18.